The fraction of sp³-hybridized carbons (Fsp3) is 0.471. The molecule has 2 saturated heterocycles. The van der Waals surface area contributed by atoms with E-state index in [1.807, 2.05) is 31.3 Å². The van der Waals surface area contributed by atoms with Gasteiger partial charge in [0.1, 0.15) is 12.3 Å². The van der Waals surface area contributed by atoms with Gasteiger partial charge in [-0.15, -0.1) is 12.4 Å². The van der Waals surface area contributed by atoms with Crippen molar-refractivity contribution in [3.05, 3.63) is 29.8 Å². The van der Waals surface area contributed by atoms with E-state index in [0.29, 0.717) is 6.54 Å². The molecule has 2 N–H and O–H groups in total. The number of carbonyl (C=O) groups excluding carboxylic acids is 3. The number of ether oxygens (including phenoxy) is 1. The van der Waals surface area contributed by atoms with Gasteiger partial charge in [0.25, 0.3) is 5.91 Å². The van der Waals surface area contributed by atoms with E-state index in [2.05, 4.69) is 15.5 Å². The molecule has 1 aromatic carbocycles. The van der Waals surface area contributed by atoms with Crippen LogP contribution in [-0.4, -0.2) is 74.0 Å². The van der Waals surface area contributed by atoms with Crippen molar-refractivity contribution >= 4 is 30.3 Å². The Bertz CT molecular complexity index is 666. The van der Waals surface area contributed by atoms with E-state index >= 15 is 0 Å². The molecule has 142 valence electrons. The van der Waals surface area contributed by atoms with Crippen LogP contribution in [0, 0.1) is 0 Å². The molecule has 0 saturated carbocycles. The topological polar surface area (TPSA) is 91.0 Å². The first kappa shape index (κ1) is 20.0. The molecule has 2 fully saturated rings. The molecule has 2 atom stereocenters. The number of nitrogens with zero attached hydrogens (tertiary/aromatic N) is 2. The number of imide groups is 1. The molecule has 0 bridgehead atoms. The normalized spacial score (nSPS) is 22.8. The number of hydrogen-bond donors (Lipinski definition) is 2. The Hall–Kier alpha value is -2.32. The Morgan fingerprint density at radius 3 is 2.54 bits per heavy atom. The summed E-state index contributed by atoms with van der Waals surface area (Å²) in [6, 6.07) is 7.21. The lowest BCUT2D eigenvalue weighted by atomic mass is 9.94. The van der Waals surface area contributed by atoms with Gasteiger partial charge < -0.3 is 20.3 Å². The minimum Gasteiger partial charge on any atom is -0.497 e. The summed E-state index contributed by atoms with van der Waals surface area (Å²) in [5, 5.41) is 5.38. The van der Waals surface area contributed by atoms with Crippen LogP contribution in [0.3, 0.4) is 0 Å². The molecule has 0 aliphatic carbocycles. The second kappa shape index (κ2) is 8.37. The highest BCUT2D eigenvalue weighted by Gasteiger charge is 2.35. The summed E-state index contributed by atoms with van der Waals surface area (Å²) < 4.78 is 5.18. The summed E-state index contributed by atoms with van der Waals surface area (Å²) in [6.45, 7) is 1.23. The molecule has 0 aromatic heterocycles. The van der Waals surface area contributed by atoms with Gasteiger partial charge in [-0.25, -0.2) is 4.79 Å². The van der Waals surface area contributed by atoms with Crippen molar-refractivity contribution in [1.82, 2.24) is 20.4 Å². The highest BCUT2D eigenvalue weighted by atomic mass is 35.5. The highest BCUT2D eigenvalue weighted by Crippen LogP contribution is 2.28. The fourth-order valence-electron chi connectivity index (χ4n) is 3.35. The summed E-state index contributed by atoms with van der Waals surface area (Å²) in [5.74, 6) is 0.219. The summed E-state index contributed by atoms with van der Waals surface area (Å²) >= 11 is 0. The highest BCUT2D eigenvalue weighted by molar-refractivity contribution is 6.04. The Morgan fingerprint density at radius 2 is 1.96 bits per heavy atom. The summed E-state index contributed by atoms with van der Waals surface area (Å²) in [5.41, 5.74) is 1.12. The molecule has 0 unspecified atom stereocenters. The Balaban J connectivity index is 0.00000243. The summed E-state index contributed by atoms with van der Waals surface area (Å²) in [4.78, 5) is 38.5. The standard InChI is InChI=1S/C17H22N4O4.ClH/c1-20-8-13(11-3-5-12(25-2)6-4-11)14(9-20)19-15(22)10-21-16(23)7-18-17(21)24;/h3-6,13-14H,7-10H2,1-2H3,(H,18,24)(H,19,22);1H/t13-,14+;/m1./s1. The van der Waals surface area contributed by atoms with Gasteiger partial charge >= 0.3 is 6.03 Å². The molecule has 9 heteroatoms. The van der Waals surface area contributed by atoms with Gasteiger partial charge in [-0.1, -0.05) is 12.1 Å². The third kappa shape index (κ3) is 4.25. The molecular formula is C17H23ClN4O4. The molecule has 8 nitrogen and oxygen atoms in total. The SMILES string of the molecule is COc1ccc([C@H]2CN(C)C[C@@H]2NC(=O)CN2C(=O)CNC2=O)cc1.Cl. The number of amides is 4. The van der Waals surface area contributed by atoms with Crippen LogP contribution in [0.15, 0.2) is 24.3 Å². The first-order valence-electron chi connectivity index (χ1n) is 8.18. The van der Waals surface area contributed by atoms with Crippen molar-refractivity contribution in [2.24, 2.45) is 0 Å². The van der Waals surface area contributed by atoms with Gasteiger partial charge in [-0.3, -0.25) is 14.5 Å². The van der Waals surface area contributed by atoms with Gasteiger partial charge in [0.15, 0.2) is 0 Å². The predicted molar refractivity (Wildman–Crippen MR) is 97.5 cm³/mol. The lowest BCUT2D eigenvalue weighted by molar-refractivity contribution is -0.130. The number of urea groups is 1. The molecule has 0 radical (unpaired) electrons. The van der Waals surface area contributed by atoms with Crippen molar-refractivity contribution < 1.29 is 19.1 Å². The first-order chi connectivity index (χ1) is 12.0. The van der Waals surface area contributed by atoms with Gasteiger partial charge in [-0.2, -0.15) is 0 Å². The monoisotopic (exact) mass is 382 g/mol. The van der Waals surface area contributed by atoms with Gasteiger partial charge in [0.05, 0.1) is 13.7 Å². The van der Waals surface area contributed by atoms with Crippen LogP contribution < -0.4 is 15.4 Å². The number of likely N-dealkylation sites (tertiary alicyclic amines) is 1. The number of benzene rings is 1. The molecule has 0 spiro atoms. The van der Waals surface area contributed by atoms with E-state index in [1.54, 1.807) is 7.11 Å². The number of hydrogen-bond acceptors (Lipinski definition) is 5. The van der Waals surface area contributed by atoms with E-state index < -0.39 is 6.03 Å². The molecule has 2 aliphatic heterocycles. The third-order valence-electron chi connectivity index (χ3n) is 4.63. The number of likely N-dealkylation sites (N-methyl/N-ethyl adjacent to an activating group) is 1. The second-order valence-corrected chi connectivity index (χ2v) is 6.41. The van der Waals surface area contributed by atoms with Crippen LogP contribution in [0.4, 0.5) is 4.79 Å². The van der Waals surface area contributed by atoms with E-state index in [9.17, 15) is 14.4 Å². The van der Waals surface area contributed by atoms with E-state index in [0.717, 1.165) is 22.8 Å². The number of carbonyl (C=O) groups is 3. The van der Waals surface area contributed by atoms with E-state index in [1.165, 1.54) is 0 Å². The minimum atomic E-state index is -0.518. The van der Waals surface area contributed by atoms with Gasteiger partial charge in [0, 0.05) is 25.0 Å². The Labute approximate surface area is 158 Å². The van der Waals surface area contributed by atoms with Gasteiger partial charge in [-0.05, 0) is 24.7 Å². The largest absolute Gasteiger partial charge is 0.497 e. The van der Waals surface area contributed by atoms with Crippen molar-refractivity contribution in [1.29, 1.82) is 0 Å². The zero-order valence-corrected chi connectivity index (χ0v) is 15.5. The van der Waals surface area contributed by atoms with Crippen LogP contribution in [-0.2, 0) is 9.59 Å². The molecule has 2 aliphatic rings. The quantitative estimate of drug-likeness (QED) is 0.709. The molecule has 4 amide bonds. The van der Waals surface area contributed by atoms with Crippen LogP contribution in [0.5, 0.6) is 5.75 Å². The Kier molecular flexibility index (Phi) is 6.44. The number of methoxy groups -OCH3 is 1. The first-order valence-corrected chi connectivity index (χ1v) is 8.18. The van der Waals surface area contributed by atoms with E-state index in [-0.39, 0.29) is 49.3 Å². The van der Waals surface area contributed by atoms with Crippen LogP contribution >= 0.6 is 12.4 Å². The number of rotatable bonds is 5. The zero-order valence-electron chi connectivity index (χ0n) is 14.7. The van der Waals surface area contributed by atoms with Crippen LogP contribution in [0.2, 0.25) is 0 Å². The van der Waals surface area contributed by atoms with Crippen molar-refractivity contribution in [3.8, 4) is 5.75 Å². The third-order valence-corrected chi connectivity index (χ3v) is 4.63. The average Bonchev–Trinajstić information content (AvgIpc) is 3.11. The molecular weight excluding hydrogens is 360 g/mol. The minimum absolute atomic E-state index is 0. The summed E-state index contributed by atoms with van der Waals surface area (Å²) in [7, 11) is 3.62. The average molecular weight is 383 g/mol. The maximum Gasteiger partial charge on any atom is 0.325 e. The maximum atomic E-state index is 12.3. The lowest BCUT2D eigenvalue weighted by Gasteiger charge is -2.21. The van der Waals surface area contributed by atoms with Crippen molar-refractivity contribution in [3.63, 3.8) is 0 Å². The fourth-order valence-corrected chi connectivity index (χ4v) is 3.35. The number of halogens is 1. The smallest absolute Gasteiger partial charge is 0.325 e. The maximum absolute atomic E-state index is 12.3. The lowest BCUT2D eigenvalue weighted by Crippen LogP contribution is -2.46. The van der Waals surface area contributed by atoms with Gasteiger partial charge in [0.2, 0.25) is 5.91 Å². The molecule has 3 rings (SSSR count). The van der Waals surface area contributed by atoms with Crippen LogP contribution in [0.25, 0.3) is 0 Å². The van der Waals surface area contributed by atoms with Crippen molar-refractivity contribution in [2.45, 2.75) is 12.0 Å². The zero-order chi connectivity index (χ0) is 18.0. The molecule has 26 heavy (non-hydrogen) atoms. The van der Waals surface area contributed by atoms with Crippen LogP contribution in [0.1, 0.15) is 11.5 Å². The molecule has 1 aromatic rings. The molecule has 2 heterocycles. The predicted octanol–water partition coefficient (Wildman–Crippen LogP) is 0.183. The van der Waals surface area contributed by atoms with E-state index in [4.69, 9.17) is 4.74 Å². The van der Waals surface area contributed by atoms with Crippen molar-refractivity contribution in [2.75, 3.05) is 40.3 Å². The summed E-state index contributed by atoms with van der Waals surface area (Å²) in [6.07, 6.45) is 0. The Morgan fingerprint density at radius 1 is 1.27 bits per heavy atom. The second-order valence-electron chi connectivity index (χ2n) is 6.41. The number of nitrogens with one attached hydrogen (secondary N) is 2.